The molecular weight excluding hydrogens is 1470 g/mol. The number of rotatable bonds is 33. The molecule has 2 atom stereocenters. The average molecular weight is 1610 g/mol. The molecular formula is C119H132N2O. The lowest BCUT2D eigenvalue weighted by Crippen LogP contribution is -2.34. The Hall–Kier alpha value is -10.2. The quantitative estimate of drug-likeness (QED) is 0.0416. The third kappa shape index (κ3) is 14.4. The highest BCUT2D eigenvalue weighted by Gasteiger charge is 2.47. The number of aryl methyl sites for hydroxylation is 1. The Morgan fingerprint density at radius 1 is 0.443 bits per heavy atom. The summed E-state index contributed by atoms with van der Waals surface area (Å²) in [6.07, 6.45) is 47.0. The molecule has 10 aromatic carbocycles. The number of benzene rings is 10. The van der Waals surface area contributed by atoms with Crippen LogP contribution in [0, 0.1) is 12.8 Å². The first kappa shape index (κ1) is 82.7. The van der Waals surface area contributed by atoms with E-state index in [1.807, 2.05) is 0 Å². The minimum absolute atomic E-state index is 0.0445. The Kier molecular flexibility index (Phi) is 23.1. The molecule has 0 aliphatic heterocycles. The molecule has 2 heterocycles. The van der Waals surface area contributed by atoms with E-state index in [4.69, 9.17) is 11.0 Å². The van der Waals surface area contributed by atoms with Crippen molar-refractivity contribution >= 4 is 54.9 Å². The van der Waals surface area contributed by atoms with Gasteiger partial charge < -0.3 is 14.3 Å². The van der Waals surface area contributed by atoms with Gasteiger partial charge in [0.05, 0.1) is 11.6 Å². The fourth-order valence-corrected chi connectivity index (χ4v) is 24.2. The molecule has 1 N–H and O–H groups in total. The molecule has 624 valence electrons. The maximum Gasteiger partial charge on any atom is 0.136 e. The van der Waals surface area contributed by atoms with E-state index in [2.05, 4.69) is 318 Å². The van der Waals surface area contributed by atoms with Gasteiger partial charge in [0.15, 0.2) is 0 Å². The van der Waals surface area contributed by atoms with Gasteiger partial charge in [-0.25, -0.2) is 0 Å². The molecule has 6 aliphatic rings. The van der Waals surface area contributed by atoms with Crippen molar-refractivity contribution in [2.75, 3.05) is 0 Å². The fourth-order valence-electron chi connectivity index (χ4n) is 24.2. The number of H-pyrrole nitrogens is 1. The van der Waals surface area contributed by atoms with Crippen molar-refractivity contribution in [2.24, 2.45) is 5.92 Å². The largest absolute Gasteiger partial charge is 0.456 e. The van der Waals surface area contributed by atoms with Gasteiger partial charge in [-0.2, -0.15) is 0 Å². The minimum atomic E-state index is -0.269. The predicted molar refractivity (Wildman–Crippen MR) is 526 cm³/mol. The van der Waals surface area contributed by atoms with Crippen molar-refractivity contribution in [3.8, 4) is 66.8 Å². The summed E-state index contributed by atoms with van der Waals surface area (Å²) in [6.45, 7) is 36.0. The summed E-state index contributed by atoms with van der Waals surface area (Å²) in [5.41, 5.74) is 43.8. The van der Waals surface area contributed by atoms with Gasteiger partial charge in [-0.15, -0.1) is 0 Å². The van der Waals surface area contributed by atoms with E-state index < -0.39 is 0 Å². The Bertz CT molecular complexity index is 6210. The highest BCUT2D eigenvalue weighted by molar-refractivity contribution is 6.19. The molecule has 122 heavy (non-hydrogen) atoms. The van der Waals surface area contributed by atoms with Crippen LogP contribution in [0.1, 0.15) is 306 Å². The lowest BCUT2D eigenvalue weighted by molar-refractivity contribution is 0.336. The summed E-state index contributed by atoms with van der Waals surface area (Å²) in [4.78, 5) is 6.88. The highest BCUT2D eigenvalue weighted by atomic mass is 16.3. The molecule has 2 unspecified atom stereocenters. The van der Waals surface area contributed by atoms with Gasteiger partial charge >= 0.3 is 0 Å². The molecule has 0 saturated heterocycles. The van der Waals surface area contributed by atoms with Gasteiger partial charge in [0.2, 0.25) is 0 Å². The Balaban J connectivity index is 0.698. The van der Waals surface area contributed by atoms with Crippen molar-refractivity contribution in [3.05, 3.63) is 309 Å². The average Bonchev–Trinajstić information content (AvgIpc) is 1.54. The Labute approximate surface area is 730 Å². The molecule has 3 heteroatoms. The van der Waals surface area contributed by atoms with Gasteiger partial charge in [-0.1, -0.05) is 366 Å². The normalized spacial score (nSPS) is 17.5. The first-order valence-corrected chi connectivity index (χ1v) is 47.8. The molecule has 0 spiro atoms. The van der Waals surface area contributed by atoms with Gasteiger partial charge in [-0.05, 0) is 260 Å². The molecule has 0 amide bonds. The van der Waals surface area contributed by atoms with E-state index in [1.54, 1.807) is 11.1 Å². The number of furan rings is 1. The van der Waals surface area contributed by atoms with Crippen LogP contribution in [0.5, 0.6) is 0 Å². The maximum atomic E-state index is 6.53. The zero-order chi connectivity index (χ0) is 84.3. The van der Waals surface area contributed by atoms with Crippen LogP contribution in [-0.2, 0) is 21.7 Å². The van der Waals surface area contributed by atoms with Crippen LogP contribution in [0.3, 0.4) is 0 Å². The second-order valence-electron chi connectivity index (χ2n) is 39.2. The third-order valence-corrected chi connectivity index (χ3v) is 30.5. The number of fused-ring (bicyclic) bond motifs is 18. The number of nitrogens with zero attached hydrogens (tertiary/aromatic N) is 1. The molecule has 0 bridgehead atoms. The lowest BCUT2D eigenvalue weighted by Gasteiger charge is -2.39. The van der Waals surface area contributed by atoms with Crippen LogP contribution in [0.25, 0.3) is 122 Å². The third-order valence-electron chi connectivity index (χ3n) is 30.5. The SMILES string of the molecule is C=CC1=C(/C=C/N(C2=C(C)C=C(C)CC2C)C2C=CC(c3cc4c(cc3C)-c3c(ccc5oc6ccccc6c35)C4(C)C)=C(C)C2)C(CCCCCCC)(CCCCCCC)c2cc(-c3ccc(-c4ccc5c(c4)C(C)(C)c4cc(-c6ccc7c(c6)C(CCCCCCC)(CCCCCCC)c6ccccc6-7)ccc4-5)cc3)c3[nH]c4ccccc4c3c21. The topological polar surface area (TPSA) is 32.2 Å². The minimum Gasteiger partial charge on any atom is -0.456 e. The zero-order valence-corrected chi connectivity index (χ0v) is 75.9. The number of nitrogens with one attached hydrogen (secondary N) is 1. The first-order chi connectivity index (χ1) is 59.4. The van der Waals surface area contributed by atoms with E-state index in [0.717, 1.165) is 36.8 Å². The summed E-state index contributed by atoms with van der Waals surface area (Å²) < 4.78 is 6.53. The molecule has 12 aromatic rings. The van der Waals surface area contributed by atoms with Gasteiger partial charge in [0.1, 0.15) is 11.2 Å². The molecule has 6 aliphatic carbocycles. The standard InChI is InChI=1S/C119H132N2O/c1-15-20-24-28-38-63-118(64-39-29-25-21-16-2)99-45-35-32-42-90(99)93-58-54-86(74-105(93)118)85-53-57-92-91-56-52-84(72-102(91)117(13,14)103(92)73-85)82-48-50-83(51-49-82)97-76-106-110(113-94-43-33-36-46-107(94)120-114(97)113)88(19-5)100(119(106,65-40-30-26-22-17-3)66-41-31-27-23-18-4)62-67-121(115-80(9)68-77(6)69-81(115)10)87-55-59-89(78(7)70-87)96-75-104-98(71-79(96)8)111-101(116(104,11)12)60-61-109-112(111)95-44-34-37-47-108(95)122-109/h19,32-37,42-62,67-68,71-76,81,87,120H,5,15-18,20-31,38-41,63-66,69-70H2,1-4,6-14H3/b67-62+. The van der Waals surface area contributed by atoms with Gasteiger partial charge in [0.25, 0.3) is 0 Å². The molecule has 18 rings (SSSR count). The number of hydrogen-bond acceptors (Lipinski definition) is 2. The molecule has 2 aromatic heterocycles. The number of aromatic amines is 1. The van der Waals surface area contributed by atoms with Crippen LogP contribution < -0.4 is 0 Å². The molecule has 3 nitrogen and oxygen atoms in total. The second kappa shape index (κ2) is 34.1. The van der Waals surface area contributed by atoms with E-state index in [0.29, 0.717) is 5.92 Å². The predicted octanol–water partition coefficient (Wildman–Crippen LogP) is 34.9. The number of aromatic nitrogens is 1. The summed E-state index contributed by atoms with van der Waals surface area (Å²) in [5, 5.41) is 5.04. The van der Waals surface area contributed by atoms with Crippen LogP contribution in [0.2, 0.25) is 0 Å². The number of hydrogen-bond donors (Lipinski definition) is 1. The van der Waals surface area contributed by atoms with Gasteiger partial charge in [0, 0.05) is 72.1 Å². The van der Waals surface area contributed by atoms with E-state index in [1.165, 1.54) is 324 Å². The Morgan fingerprint density at radius 2 is 0.967 bits per heavy atom. The molecule has 0 radical (unpaired) electrons. The number of unbranched alkanes of at least 4 members (excludes halogenated alkanes) is 16. The van der Waals surface area contributed by atoms with Crippen molar-refractivity contribution in [2.45, 2.75) is 285 Å². The monoisotopic (exact) mass is 1610 g/mol. The van der Waals surface area contributed by atoms with Crippen LogP contribution in [0.4, 0.5) is 0 Å². The van der Waals surface area contributed by atoms with Crippen molar-refractivity contribution in [3.63, 3.8) is 0 Å². The van der Waals surface area contributed by atoms with Crippen molar-refractivity contribution in [1.82, 2.24) is 9.88 Å². The summed E-state index contributed by atoms with van der Waals surface area (Å²) in [7, 11) is 0. The lowest BCUT2D eigenvalue weighted by atomic mass is 9.69. The van der Waals surface area contributed by atoms with E-state index >= 15 is 0 Å². The maximum absolute atomic E-state index is 6.53. The van der Waals surface area contributed by atoms with Crippen LogP contribution in [0.15, 0.2) is 258 Å². The van der Waals surface area contributed by atoms with Crippen LogP contribution in [-0.4, -0.2) is 15.9 Å². The first-order valence-electron chi connectivity index (χ1n) is 47.8. The van der Waals surface area contributed by atoms with Crippen molar-refractivity contribution in [1.29, 1.82) is 0 Å². The zero-order valence-electron chi connectivity index (χ0n) is 75.9. The molecule has 0 saturated carbocycles. The number of allylic oxidation sites excluding steroid dienone is 10. The summed E-state index contributed by atoms with van der Waals surface area (Å²) in [6, 6.07) is 71.7. The van der Waals surface area contributed by atoms with Crippen molar-refractivity contribution < 1.29 is 4.42 Å². The number of para-hydroxylation sites is 2. The smallest absolute Gasteiger partial charge is 0.136 e. The summed E-state index contributed by atoms with van der Waals surface area (Å²) >= 11 is 0. The van der Waals surface area contributed by atoms with Crippen LogP contribution >= 0.6 is 0 Å². The Morgan fingerprint density at radius 3 is 1.59 bits per heavy atom. The fraction of sp³-hybridized carbons (Fsp3) is 0.378. The highest BCUT2D eigenvalue weighted by Crippen LogP contribution is 2.61. The van der Waals surface area contributed by atoms with Gasteiger partial charge in [-0.3, -0.25) is 0 Å². The van der Waals surface area contributed by atoms with E-state index in [9.17, 15) is 0 Å². The summed E-state index contributed by atoms with van der Waals surface area (Å²) in [5.74, 6) is 0.341. The van der Waals surface area contributed by atoms with E-state index in [-0.39, 0.29) is 27.7 Å². The molecule has 0 fully saturated rings. The second-order valence-corrected chi connectivity index (χ2v) is 39.2.